The maximum Gasteiger partial charge on any atom is 0.275 e. The average Bonchev–Trinajstić information content (AvgIpc) is 2.73. The van der Waals surface area contributed by atoms with Gasteiger partial charge in [-0.3, -0.25) is 19.3 Å². The van der Waals surface area contributed by atoms with Gasteiger partial charge in [-0.05, 0) is 13.0 Å². The summed E-state index contributed by atoms with van der Waals surface area (Å²) in [5.74, 6) is -0.239. The summed E-state index contributed by atoms with van der Waals surface area (Å²) in [5.41, 5.74) is 0.110. The minimum absolute atomic E-state index is 0.0534. The predicted molar refractivity (Wildman–Crippen MR) is 107 cm³/mol. The fraction of sp³-hybridized carbons (Fsp3) is 0.400. The van der Waals surface area contributed by atoms with Crippen LogP contribution in [0.5, 0.6) is 0 Å². The molecule has 1 N–H and O–H groups in total. The van der Waals surface area contributed by atoms with E-state index in [9.17, 15) is 14.4 Å². The molecule has 0 bridgehead atoms. The zero-order valence-electron chi connectivity index (χ0n) is 16.1. The van der Waals surface area contributed by atoms with E-state index < -0.39 is 0 Å². The van der Waals surface area contributed by atoms with Crippen LogP contribution in [0.25, 0.3) is 10.8 Å². The van der Waals surface area contributed by atoms with Gasteiger partial charge in [0.25, 0.3) is 11.5 Å². The van der Waals surface area contributed by atoms with Gasteiger partial charge in [0, 0.05) is 44.7 Å². The molecule has 1 fully saturated rings. The highest BCUT2D eigenvalue weighted by atomic mass is 16.2. The van der Waals surface area contributed by atoms with Crippen molar-refractivity contribution in [2.75, 3.05) is 39.3 Å². The van der Waals surface area contributed by atoms with Gasteiger partial charge in [-0.15, -0.1) is 6.58 Å². The molecule has 0 spiro atoms. The molecule has 0 unspecified atom stereocenters. The lowest BCUT2D eigenvalue weighted by Crippen LogP contribution is -2.51. The summed E-state index contributed by atoms with van der Waals surface area (Å²) < 4.78 is 1.33. The molecule has 0 atom stereocenters. The Labute approximate surface area is 163 Å². The Balaban J connectivity index is 1.74. The number of hydrogen-bond donors (Lipinski definition) is 1. The molecule has 0 aliphatic carbocycles. The second-order valence-electron chi connectivity index (χ2n) is 6.68. The third-order valence-electron chi connectivity index (χ3n) is 4.84. The zero-order chi connectivity index (χ0) is 20.1. The van der Waals surface area contributed by atoms with Crippen LogP contribution in [0.15, 0.2) is 41.7 Å². The molecular formula is C20H25N5O3. The van der Waals surface area contributed by atoms with Gasteiger partial charge >= 0.3 is 0 Å². The van der Waals surface area contributed by atoms with E-state index in [0.29, 0.717) is 62.3 Å². The largest absolute Gasteiger partial charge is 0.352 e. The van der Waals surface area contributed by atoms with Crippen LogP contribution < -0.4 is 10.9 Å². The molecule has 0 saturated carbocycles. The van der Waals surface area contributed by atoms with E-state index >= 15 is 0 Å². The van der Waals surface area contributed by atoms with E-state index in [1.165, 1.54) is 4.68 Å². The smallest absolute Gasteiger partial charge is 0.275 e. The Bertz CT molecular complexity index is 944. The molecule has 2 heterocycles. The van der Waals surface area contributed by atoms with Crippen molar-refractivity contribution in [2.24, 2.45) is 0 Å². The molecule has 1 aromatic heterocycles. The standard InChI is InChI=1S/C20H25N5O3/c1-3-9-21-17(26)14-23-10-12-24(13-11-23)20(28)18-15-7-5-6-8-16(15)19(27)25(4-2)22-18/h3,5-8H,1,4,9-14H2,2H3,(H,21,26). The van der Waals surface area contributed by atoms with Crippen LogP contribution in [-0.4, -0.2) is 70.7 Å². The molecule has 8 heteroatoms. The molecule has 28 heavy (non-hydrogen) atoms. The van der Waals surface area contributed by atoms with E-state index in [-0.39, 0.29) is 17.4 Å². The van der Waals surface area contributed by atoms with Gasteiger partial charge in [0.15, 0.2) is 5.69 Å². The quantitative estimate of drug-likeness (QED) is 0.733. The van der Waals surface area contributed by atoms with Crippen molar-refractivity contribution in [1.82, 2.24) is 24.9 Å². The number of aromatic nitrogens is 2. The Kier molecular flexibility index (Phi) is 6.20. The Morgan fingerprint density at radius 1 is 1.18 bits per heavy atom. The predicted octanol–water partition coefficient (Wildman–Crippen LogP) is 0.476. The highest BCUT2D eigenvalue weighted by molar-refractivity contribution is 6.04. The van der Waals surface area contributed by atoms with Crippen LogP contribution in [0.2, 0.25) is 0 Å². The van der Waals surface area contributed by atoms with Crippen molar-refractivity contribution in [1.29, 1.82) is 0 Å². The summed E-state index contributed by atoms with van der Waals surface area (Å²) >= 11 is 0. The van der Waals surface area contributed by atoms with E-state index in [2.05, 4.69) is 17.0 Å². The molecule has 1 aromatic carbocycles. The van der Waals surface area contributed by atoms with Gasteiger partial charge in [0.1, 0.15) is 0 Å². The third-order valence-corrected chi connectivity index (χ3v) is 4.84. The fourth-order valence-electron chi connectivity index (χ4n) is 3.31. The van der Waals surface area contributed by atoms with E-state index in [4.69, 9.17) is 0 Å². The first-order valence-corrected chi connectivity index (χ1v) is 9.44. The first kappa shape index (κ1) is 19.8. The lowest BCUT2D eigenvalue weighted by molar-refractivity contribution is -0.122. The molecule has 148 valence electrons. The van der Waals surface area contributed by atoms with Crippen molar-refractivity contribution in [2.45, 2.75) is 13.5 Å². The van der Waals surface area contributed by atoms with Gasteiger partial charge < -0.3 is 10.2 Å². The lowest BCUT2D eigenvalue weighted by Gasteiger charge is -2.34. The van der Waals surface area contributed by atoms with Crippen molar-refractivity contribution >= 4 is 22.6 Å². The topological polar surface area (TPSA) is 87.5 Å². The number of nitrogens with one attached hydrogen (secondary N) is 1. The maximum absolute atomic E-state index is 13.1. The van der Waals surface area contributed by atoms with E-state index in [1.807, 2.05) is 11.8 Å². The van der Waals surface area contributed by atoms with Crippen LogP contribution in [0.1, 0.15) is 17.4 Å². The second kappa shape index (κ2) is 8.79. The fourth-order valence-corrected chi connectivity index (χ4v) is 3.31. The summed E-state index contributed by atoms with van der Waals surface area (Å²) in [6, 6.07) is 7.07. The molecule has 2 amide bonds. The van der Waals surface area contributed by atoms with E-state index in [0.717, 1.165) is 0 Å². The number of carbonyl (C=O) groups is 2. The Morgan fingerprint density at radius 2 is 1.86 bits per heavy atom. The Morgan fingerprint density at radius 3 is 2.50 bits per heavy atom. The summed E-state index contributed by atoms with van der Waals surface area (Å²) in [5, 5.41) is 8.15. The van der Waals surface area contributed by atoms with Crippen molar-refractivity contribution in [3.8, 4) is 0 Å². The molecule has 0 radical (unpaired) electrons. The van der Waals surface area contributed by atoms with E-state index in [1.54, 1.807) is 35.2 Å². The number of nitrogens with zero attached hydrogens (tertiary/aromatic N) is 4. The van der Waals surface area contributed by atoms with Gasteiger partial charge in [-0.25, -0.2) is 4.68 Å². The van der Waals surface area contributed by atoms with Gasteiger partial charge in [0.05, 0.1) is 11.9 Å². The minimum atomic E-state index is -0.190. The monoisotopic (exact) mass is 383 g/mol. The number of amides is 2. The van der Waals surface area contributed by atoms with Crippen molar-refractivity contribution in [3.63, 3.8) is 0 Å². The second-order valence-corrected chi connectivity index (χ2v) is 6.68. The molecule has 8 nitrogen and oxygen atoms in total. The first-order valence-electron chi connectivity index (χ1n) is 9.44. The van der Waals surface area contributed by atoms with Crippen molar-refractivity contribution < 1.29 is 9.59 Å². The molecule has 3 rings (SSSR count). The van der Waals surface area contributed by atoms with Crippen LogP contribution in [0.3, 0.4) is 0 Å². The number of aryl methyl sites for hydroxylation is 1. The highest BCUT2D eigenvalue weighted by Crippen LogP contribution is 2.16. The van der Waals surface area contributed by atoms with Crippen molar-refractivity contribution in [3.05, 3.63) is 53.0 Å². The van der Waals surface area contributed by atoms with Gasteiger partial charge in [-0.1, -0.05) is 24.3 Å². The molecule has 1 aliphatic rings. The molecule has 1 saturated heterocycles. The summed E-state index contributed by atoms with van der Waals surface area (Å²) in [4.78, 5) is 41.1. The van der Waals surface area contributed by atoms with Crippen LogP contribution >= 0.6 is 0 Å². The van der Waals surface area contributed by atoms with Crippen LogP contribution in [-0.2, 0) is 11.3 Å². The number of hydrogen-bond acceptors (Lipinski definition) is 5. The average molecular weight is 383 g/mol. The summed E-state index contributed by atoms with van der Waals surface area (Å²) in [6.45, 7) is 8.79. The number of benzene rings is 1. The molecule has 1 aliphatic heterocycles. The summed E-state index contributed by atoms with van der Waals surface area (Å²) in [6.07, 6.45) is 1.64. The SMILES string of the molecule is C=CCNC(=O)CN1CCN(C(=O)c2nn(CC)c(=O)c3ccccc23)CC1. The maximum atomic E-state index is 13.1. The minimum Gasteiger partial charge on any atom is -0.352 e. The third kappa shape index (κ3) is 4.12. The number of fused-ring (bicyclic) bond motifs is 1. The zero-order valence-corrected chi connectivity index (χ0v) is 16.1. The Hall–Kier alpha value is -3.00. The number of piperazine rings is 1. The number of rotatable bonds is 6. The molecule has 2 aromatic rings. The van der Waals surface area contributed by atoms with Crippen LogP contribution in [0.4, 0.5) is 0 Å². The molecular weight excluding hydrogens is 358 g/mol. The normalized spacial score (nSPS) is 14.8. The summed E-state index contributed by atoms with van der Waals surface area (Å²) in [7, 11) is 0. The number of carbonyl (C=O) groups excluding carboxylic acids is 2. The first-order chi connectivity index (χ1) is 13.5. The van der Waals surface area contributed by atoms with Crippen LogP contribution in [0, 0.1) is 0 Å². The van der Waals surface area contributed by atoms with Gasteiger partial charge in [0.2, 0.25) is 5.91 Å². The highest BCUT2D eigenvalue weighted by Gasteiger charge is 2.26. The van der Waals surface area contributed by atoms with Gasteiger partial charge in [-0.2, -0.15) is 5.10 Å². The lowest BCUT2D eigenvalue weighted by atomic mass is 10.1.